The highest BCUT2D eigenvalue weighted by atomic mass is 16.7. The smallest absolute Gasteiger partial charge is 0.183 e. The van der Waals surface area contributed by atoms with Crippen LogP contribution < -0.4 is 9.47 Å². The molecule has 0 saturated heterocycles. The molecule has 0 saturated carbocycles. The van der Waals surface area contributed by atoms with Gasteiger partial charge in [-0.3, -0.25) is 0 Å². The van der Waals surface area contributed by atoms with Crippen molar-refractivity contribution in [3.8, 4) is 23.8 Å². The van der Waals surface area contributed by atoms with Crippen LogP contribution in [0.25, 0.3) is 0 Å². The van der Waals surface area contributed by atoms with Crippen LogP contribution in [0.15, 0.2) is 18.2 Å². The first-order valence-corrected chi connectivity index (χ1v) is 6.24. The fourth-order valence-corrected chi connectivity index (χ4v) is 1.61. The van der Waals surface area contributed by atoms with Gasteiger partial charge >= 0.3 is 0 Å². The Kier molecular flexibility index (Phi) is 6.80. The first kappa shape index (κ1) is 15.4. The second-order valence-corrected chi connectivity index (χ2v) is 3.65. The minimum atomic E-state index is -0.398. The van der Waals surface area contributed by atoms with Gasteiger partial charge in [-0.1, -0.05) is 12.0 Å². The van der Waals surface area contributed by atoms with E-state index in [2.05, 4.69) is 5.92 Å². The van der Waals surface area contributed by atoms with E-state index >= 15 is 0 Å². The summed E-state index contributed by atoms with van der Waals surface area (Å²) in [4.78, 5) is 0. The molecule has 0 spiro atoms. The van der Waals surface area contributed by atoms with E-state index in [1.165, 1.54) is 0 Å². The van der Waals surface area contributed by atoms with Crippen molar-refractivity contribution in [2.45, 2.75) is 20.1 Å². The average Bonchev–Trinajstić information content (AvgIpc) is 2.44. The van der Waals surface area contributed by atoms with Gasteiger partial charge in [-0.2, -0.15) is 0 Å². The molecule has 0 unspecified atom stereocenters. The Morgan fingerprint density at radius 3 is 2.37 bits per heavy atom. The lowest BCUT2D eigenvalue weighted by Crippen LogP contribution is -2.09. The van der Waals surface area contributed by atoms with Gasteiger partial charge in [0, 0.05) is 18.8 Å². The van der Waals surface area contributed by atoms with Crippen LogP contribution >= 0.6 is 0 Å². The maximum absolute atomic E-state index is 5.54. The third kappa shape index (κ3) is 4.47. The van der Waals surface area contributed by atoms with E-state index < -0.39 is 6.29 Å². The van der Waals surface area contributed by atoms with Crippen molar-refractivity contribution >= 4 is 0 Å². The van der Waals surface area contributed by atoms with Gasteiger partial charge in [0.2, 0.25) is 0 Å². The van der Waals surface area contributed by atoms with E-state index in [0.717, 1.165) is 5.56 Å². The summed E-state index contributed by atoms with van der Waals surface area (Å²) in [5.41, 5.74) is 0.883. The highest BCUT2D eigenvalue weighted by Gasteiger charge is 2.14. The van der Waals surface area contributed by atoms with E-state index in [4.69, 9.17) is 25.4 Å². The van der Waals surface area contributed by atoms with Gasteiger partial charge in [-0.15, -0.1) is 6.42 Å². The zero-order valence-electron chi connectivity index (χ0n) is 11.6. The molecule has 0 radical (unpaired) electrons. The topological polar surface area (TPSA) is 36.9 Å². The van der Waals surface area contributed by atoms with Crippen molar-refractivity contribution in [2.75, 3.05) is 26.9 Å². The predicted octanol–water partition coefficient (Wildman–Crippen LogP) is 2.78. The van der Waals surface area contributed by atoms with Crippen LogP contribution in [0.1, 0.15) is 25.7 Å². The highest BCUT2D eigenvalue weighted by molar-refractivity contribution is 5.43. The molecule has 4 nitrogen and oxygen atoms in total. The van der Waals surface area contributed by atoms with Crippen molar-refractivity contribution < 1.29 is 18.9 Å². The average molecular weight is 264 g/mol. The molecule has 0 N–H and O–H groups in total. The summed E-state index contributed by atoms with van der Waals surface area (Å²) in [5.74, 6) is 3.63. The van der Waals surface area contributed by atoms with Crippen LogP contribution in [-0.2, 0) is 9.47 Å². The van der Waals surface area contributed by atoms with Gasteiger partial charge < -0.3 is 18.9 Å². The zero-order valence-corrected chi connectivity index (χ0v) is 11.6. The third-order valence-electron chi connectivity index (χ3n) is 2.41. The van der Waals surface area contributed by atoms with Crippen LogP contribution in [0.4, 0.5) is 0 Å². The molecule has 0 bridgehead atoms. The summed E-state index contributed by atoms with van der Waals surface area (Å²) in [5, 5.41) is 0. The third-order valence-corrected chi connectivity index (χ3v) is 2.41. The van der Waals surface area contributed by atoms with Crippen LogP contribution in [0.2, 0.25) is 0 Å². The fraction of sp³-hybridized carbons (Fsp3) is 0.467. The lowest BCUT2D eigenvalue weighted by Gasteiger charge is -2.18. The molecule has 0 aliphatic rings. The summed E-state index contributed by atoms with van der Waals surface area (Å²) in [6.45, 7) is 5.20. The monoisotopic (exact) mass is 264 g/mol. The Morgan fingerprint density at radius 1 is 1.16 bits per heavy atom. The molecular weight excluding hydrogens is 244 g/mol. The number of benzene rings is 1. The SMILES string of the molecule is C#CCOc1ccc(C(OCC)OCC)cc1OC. The number of terminal acetylenes is 1. The first-order chi connectivity index (χ1) is 9.26. The minimum Gasteiger partial charge on any atom is -0.493 e. The Morgan fingerprint density at radius 2 is 1.84 bits per heavy atom. The molecule has 0 aliphatic heterocycles. The molecule has 0 aromatic heterocycles. The number of rotatable bonds is 8. The quantitative estimate of drug-likeness (QED) is 0.534. The molecule has 0 fully saturated rings. The van der Waals surface area contributed by atoms with Crippen molar-refractivity contribution in [2.24, 2.45) is 0 Å². The van der Waals surface area contributed by atoms with Gasteiger partial charge in [-0.05, 0) is 26.0 Å². The largest absolute Gasteiger partial charge is 0.493 e. The summed E-state index contributed by atoms with van der Waals surface area (Å²) in [6, 6.07) is 5.52. The molecular formula is C15H20O4. The molecule has 104 valence electrons. The molecule has 1 rings (SSSR count). The second-order valence-electron chi connectivity index (χ2n) is 3.65. The lowest BCUT2D eigenvalue weighted by atomic mass is 10.2. The summed E-state index contributed by atoms with van der Waals surface area (Å²) < 4.78 is 21.7. The fourth-order valence-electron chi connectivity index (χ4n) is 1.61. The minimum absolute atomic E-state index is 0.204. The van der Waals surface area contributed by atoms with Crippen LogP contribution in [0.5, 0.6) is 11.5 Å². The standard InChI is InChI=1S/C15H20O4/c1-5-10-19-13-9-8-12(11-14(13)16-4)15(17-6-2)18-7-3/h1,8-9,11,15H,6-7,10H2,2-4H3. The molecule has 0 aliphatic carbocycles. The van der Waals surface area contributed by atoms with Gasteiger partial charge in [0.15, 0.2) is 17.8 Å². The number of ether oxygens (including phenoxy) is 4. The van der Waals surface area contributed by atoms with Gasteiger partial charge in [-0.25, -0.2) is 0 Å². The Hall–Kier alpha value is -1.70. The molecule has 0 amide bonds. The Balaban J connectivity index is 2.93. The summed E-state index contributed by atoms with van der Waals surface area (Å²) in [7, 11) is 1.58. The van der Waals surface area contributed by atoms with E-state index in [-0.39, 0.29) is 6.61 Å². The van der Waals surface area contributed by atoms with E-state index in [9.17, 15) is 0 Å². The van der Waals surface area contributed by atoms with Crippen LogP contribution in [0.3, 0.4) is 0 Å². The lowest BCUT2D eigenvalue weighted by molar-refractivity contribution is -0.140. The van der Waals surface area contributed by atoms with E-state index in [0.29, 0.717) is 24.7 Å². The molecule has 0 heterocycles. The molecule has 1 aromatic carbocycles. The molecule has 0 atom stereocenters. The van der Waals surface area contributed by atoms with Crippen molar-refractivity contribution in [1.82, 2.24) is 0 Å². The number of methoxy groups -OCH3 is 1. The van der Waals surface area contributed by atoms with Gasteiger partial charge in [0.05, 0.1) is 7.11 Å². The maximum atomic E-state index is 5.54. The summed E-state index contributed by atoms with van der Waals surface area (Å²) >= 11 is 0. The van der Waals surface area contributed by atoms with Crippen molar-refractivity contribution in [3.63, 3.8) is 0 Å². The van der Waals surface area contributed by atoms with Crippen molar-refractivity contribution in [1.29, 1.82) is 0 Å². The highest BCUT2D eigenvalue weighted by Crippen LogP contribution is 2.31. The predicted molar refractivity (Wildman–Crippen MR) is 73.3 cm³/mol. The Bertz CT molecular complexity index is 417. The number of hydrogen-bond donors (Lipinski definition) is 0. The summed E-state index contributed by atoms with van der Waals surface area (Å²) in [6.07, 6.45) is 4.77. The maximum Gasteiger partial charge on any atom is 0.183 e. The van der Waals surface area contributed by atoms with E-state index in [1.54, 1.807) is 13.2 Å². The molecule has 4 heteroatoms. The normalized spacial score (nSPS) is 10.3. The first-order valence-electron chi connectivity index (χ1n) is 6.24. The Labute approximate surface area is 114 Å². The van der Waals surface area contributed by atoms with Crippen LogP contribution in [0, 0.1) is 12.3 Å². The van der Waals surface area contributed by atoms with Crippen LogP contribution in [-0.4, -0.2) is 26.9 Å². The molecule has 1 aromatic rings. The van der Waals surface area contributed by atoms with E-state index in [1.807, 2.05) is 26.0 Å². The number of hydrogen-bond acceptors (Lipinski definition) is 4. The zero-order chi connectivity index (χ0) is 14.1. The molecule has 19 heavy (non-hydrogen) atoms. The second kappa shape index (κ2) is 8.41. The van der Waals surface area contributed by atoms with Gasteiger partial charge in [0.1, 0.15) is 6.61 Å². The van der Waals surface area contributed by atoms with Crippen molar-refractivity contribution in [3.05, 3.63) is 23.8 Å². The van der Waals surface area contributed by atoms with Gasteiger partial charge in [0.25, 0.3) is 0 Å².